The molecule has 0 saturated heterocycles. The highest BCUT2D eigenvalue weighted by Crippen LogP contribution is 2.36. The summed E-state index contributed by atoms with van der Waals surface area (Å²) < 4.78 is 15.5. The van der Waals surface area contributed by atoms with Gasteiger partial charge in [-0.1, -0.05) is 53.7 Å². The van der Waals surface area contributed by atoms with Crippen molar-refractivity contribution in [2.75, 3.05) is 20.3 Å². The Morgan fingerprint density at radius 1 is 1.28 bits per heavy atom. The van der Waals surface area contributed by atoms with Gasteiger partial charge in [0.2, 0.25) is 0 Å². The molecule has 0 heterocycles. The lowest BCUT2D eigenvalue weighted by atomic mass is 10.2. The summed E-state index contributed by atoms with van der Waals surface area (Å²) in [6, 6.07) is 13.2. The van der Waals surface area contributed by atoms with Crippen LogP contribution in [-0.2, 0) is 15.3 Å². The van der Waals surface area contributed by atoms with Gasteiger partial charge in [0.15, 0.2) is 23.3 Å². The van der Waals surface area contributed by atoms with Crippen LogP contribution in [0.2, 0.25) is 5.02 Å². The number of ether oxygens (including phenoxy) is 3. The van der Waals surface area contributed by atoms with Crippen molar-refractivity contribution in [3.8, 4) is 11.5 Å². The number of methoxy groups -OCH3 is 1. The van der Waals surface area contributed by atoms with Crippen LogP contribution in [0.25, 0.3) is 0 Å². The fraction of sp³-hybridized carbons (Fsp3) is 0.250. The Kier molecular flexibility index (Phi) is 9.33. The maximum atomic E-state index is 11.5. The first-order chi connectivity index (χ1) is 14.0. The molecular formula is C20H22ClN3O4S. The van der Waals surface area contributed by atoms with Gasteiger partial charge in [-0.3, -0.25) is 0 Å². The lowest BCUT2D eigenvalue weighted by Gasteiger charge is -2.12. The smallest absolute Gasteiger partial charge is 0.344 e. The summed E-state index contributed by atoms with van der Waals surface area (Å²) in [5.74, 6) is 0.825. The molecule has 0 aromatic heterocycles. The minimum atomic E-state index is -0.492. The molecule has 0 fully saturated rings. The highest BCUT2D eigenvalue weighted by molar-refractivity contribution is 8.13. The standard InChI is InChI=1S/C20H22ClN3O4S/c1-3-27-18(25)12-28-19-16(21)9-15(10-17(19)26-2)11-23-24-20(22)29-13-14-7-5-4-6-8-14/h4-11H,3,12-13H2,1-2H3,(H2,22,24). The van der Waals surface area contributed by atoms with Crippen LogP contribution in [0, 0.1) is 0 Å². The molecule has 0 unspecified atom stereocenters. The molecule has 0 aliphatic rings. The molecule has 2 aromatic rings. The predicted molar refractivity (Wildman–Crippen MR) is 117 cm³/mol. The Morgan fingerprint density at radius 3 is 2.72 bits per heavy atom. The van der Waals surface area contributed by atoms with Gasteiger partial charge in [-0.2, -0.15) is 5.10 Å². The van der Waals surface area contributed by atoms with E-state index in [0.29, 0.717) is 22.2 Å². The summed E-state index contributed by atoms with van der Waals surface area (Å²) in [7, 11) is 1.47. The summed E-state index contributed by atoms with van der Waals surface area (Å²) >= 11 is 7.64. The van der Waals surface area contributed by atoms with Crippen LogP contribution in [0.15, 0.2) is 52.7 Å². The van der Waals surface area contributed by atoms with Crippen molar-refractivity contribution >= 4 is 40.7 Å². The van der Waals surface area contributed by atoms with E-state index < -0.39 is 5.97 Å². The van der Waals surface area contributed by atoms with Crippen LogP contribution in [0.4, 0.5) is 0 Å². The van der Waals surface area contributed by atoms with Gasteiger partial charge in [-0.15, -0.1) is 5.10 Å². The number of halogens is 1. The van der Waals surface area contributed by atoms with Crippen molar-refractivity contribution < 1.29 is 19.0 Å². The Hall–Kier alpha value is -2.71. The molecule has 0 bridgehead atoms. The highest BCUT2D eigenvalue weighted by atomic mass is 35.5. The molecule has 0 saturated carbocycles. The van der Waals surface area contributed by atoms with Gasteiger partial charge < -0.3 is 19.9 Å². The molecule has 0 spiro atoms. The summed E-state index contributed by atoms with van der Waals surface area (Å²) in [4.78, 5) is 11.5. The van der Waals surface area contributed by atoms with E-state index in [1.807, 2.05) is 30.3 Å². The molecule has 0 aliphatic carbocycles. The third-order valence-electron chi connectivity index (χ3n) is 3.48. The number of hydrogen-bond donors (Lipinski definition) is 1. The first kappa shape index (κ1) is 22.6. The normalized spacial score (nSPS) is 11.5. The zero-order valence-electron chi connectivity index (χ0n) is 16.1. The number of hydrogen-bond acceptors (Lipinski definition) is 7. The molecule has 0 amide bonds. The SMILES string of the molecule is CCOC(=O)COc1c(Cl)cc(C=NN=C(N)SCc2ccccc2)cc1OC. The van der Waals surface area contributed by atoms with Crippen molar-refractivity contribution in [3.63, 3.8) is 0 Å². The number of esters is 1. The first-order valence-electron chi connectivity index (χ1n) is 8.72. The fourth-order valence-electron chi connectivity index (χ4n) is 2.20. The summed E-state index contributed by atoms with van der Waals surface area (Å²) in [5.41, 5.74) is 7.66. The number of amidine groups is 1. The van der Waals surface area contributed by atoms with Crippen molar-refractivity contribution in [1.29, 1.82) is 0 Å². The maximum Gasteiger partial charge on any atom is 0.344 e. The highest BCUT2D eigenvalue weighted by Gasteiger charge is 2.13. The van der Waals surface area contributed by atoms with Gasteiger partial charge in [0.1, 0.15) is 0 Å². The first-order valence-corrected chi connectivity index (χ1v) is 10.1. The third kappa shape index (κ3) is 7.67. The van der Waals surface area contributed by atoms with Crippen LogP contribution < -0.4 is 15.2 Å². The zero-order chi connectivity index (χ0) is 21.1. The van der Waals surface area contributed by atoms with Crippen LogP contribution in [-0.4, -0.2) is 37.7 Å². The van der Waals surface area contributed by atoms with E-state index >= 15 is 0 Å². The maximum absolute atomic E-state index is 11.5. The Labute approximate surface area is 178 Å². The van der Waals surface area contributed by atoms with Gasteiger partial charge >= 0.3 is 5.97 Å². The second-order valence-electron chi connectivity index (χ2n) is 5.58. The molecule has 2 N–H and O–H groups in total. The van der Waals surface area contributed by atoms with Gasteiger partial charge in [0.05, 0.1) is 25.0 Å². The van der Waals surface area contributed by atoms with E-state index in [0.717, 1.165) is 5.56 Å². The van der Waals surface area contributed by atoms with E-state index in [1.54, 1.807) is 19.1 Å². The molecule has 0 aliphatic heterocycles. The minimum Gasteiger partial charge on any atom is -0.493 e. The van der Waals surface area contributed by atoms with Crippen molar-refractivity contribution in [2.45, 2.75) is 12.7 Å². The molecule has 154 valence electrons. The molecule has 0 radical (unpaired) electrons. The Bertz CT molecular complexity index is 876. The predicted octanol–water partition coefficient (Wildman–Crippen LogP) is 3.87. The Morgan fingerprint density at radius 2 is 2.03 bits per heavy atom. The van der Waals surface area contributed by atoms with Crippen LogP contribution in [0.3, 0.4) is 0 Å². The van der Waals surface area contributed by atoms with E-state index in [4.69, 9.17) is 31.5 Å². The second-order valence-corrected chi connectivity index (χ2v) is 6.99. The van der Waals surface area contributed by atoms with Crippen LogP contribution >= 0.6 is 23.4 Å². The van der Waals surface area contributed by atoms with Gasteiger partial charge in [0, 0.05) is 11.3 Å². The zero-order valence-corrected chi connectivity index (χ0v) is 17.7. The lowest BCUT2D eigenvalue weighted by Crippen LogP contribution is -2.15. The fourth-order valence-corrected chi connectivity index (χ4v) is 3.09. The van der Waals surface area contributed by atoms with E-state index in [-0.39, 0.29) is 24.0 Å². The van der Waals surface area contributed by atoms with Gasteiger partial charge in [0.25, 0.3) is 0 Å². The van der Waals surface area contributed by atoms with Crippen molar-refractivity contribution in [3.05, 3.63) is 58.6 Å². The van der Waals surface area contributed by atoms with Gasteiger partial charge in [-0.05, 0) is 24.6 Å². The van der Waals surface area contributed by atoms with Gasteiger partial charge in [-0.25, -0.2) is 4.79 Å². The largest absolute Gasteiger partial charge is 0.493 e. The van der Waals surface area contributed by atoms with Crippen molar-refractivity contribution in [2.24, 2.45) is 15.9 Å². The van der Waals surface area contributed by atoms with E-state index in [2.05, 4.69) is 10.2 Å². The summed E-state index contributed by atoms with van der Waals surface area (Å²) in [6.07, 6.45) is 1.50. The average molecular weight is 436 g/mol. The second kappa shape index (κ2) is 12.0. The number of nitrogens with zero attached hydrogens (tertiary/aromatic N) is 2. The van der Waals surface area contributed by atoms with E-state index in [1.165, 1.54) is 25.1 Å². The molecule has 9 heteroatoms. The quantitative estimate of drug-likeness (QED) is 0.278. The number of carbonyl (C=O) groups is 1. The van der Waals surface area contributed by atoms with Crippen LogP contribution in [0.1, 0.15) is 18.1 Å². The number of benzene rings is 2. The third-order valence-corrected chi connectivity index (χ3v) is 4.62. The number of rotatable bonds is 9. The molecule has 0 atom stereocenters. The minimum absolute atomic E-state index is 0.251. The van der Waals surface area contributed by atoms with E-state index in [9.17, 15) is 4.79 Å². The molecular weight excluding hydrogens is 414 g/mol. The van der Waals surface area contributed by atoms with Crippen LogP contribution in [0.5, 0.6) is 11.5 Å². The Balaban J connectivity index is 2.00. The molecule has 29 heavy (non-hydrogen) atoms. The van der Waals surface area contributed by atoms with Crippen molar-refractivity contribution in [1.82, 2.24) is 0 Å². The number of carbonyl (C=O) groups excluding carboxylic acids is 1. The monoisotopic (exact) mass is 435 g/mol. The summed E-state index contributed by atoms with van der Waals surface area (Å²) in [5, 5.41) is 8.57. The topological polar surface area (TPSA) is 95.5 Å². The lowest BCUT2D eigenvalue weighted by molar-refractivity contribution is -0.145. The molecule has 7 nitrogen and oxygen atoms in total. The summed E-state index contributed by atoms with van der Waals surface area (Å²) in [6.45, 7) is 1.72. The molecule has 2 aromatic carbocycles. The number of thioether (sulfide) groups is 1. The number of nitrogens with two attached hydrogens (primary N) is 1. The molecule has 2 rings (SSSR count). The average Bonchev–Trinajstić information content (AvgIpc) is 2.72.